The number of hydrogen-bond acceptors (Lipinski definition) is 4. The maximum Gasteiger partial charge on any atom is 0.255 e. The number of hydrogen-bond donors (Lipinski definition) is 2. The molecule has 0 aliphatic carbocycles. The van der Waals surface area contributed by atoms with Crippen molar-refractivity contribution in [3.05, 3.63) is 23.8 Å². The van der Waals surface area contributed by atoms with Gasteiger partial charge in [-0.05, 0) is 18.1 Å². The fourth-order valence-electron chi connectivity index (χ4n) is 1.85. The molecule has 1 aromatic carbocycles. The van der Waals surface area contributed by atoms with E-state index in [9.17, 15) is 4.79 Å². The van der Waals surface area contributed by atoms with Gasteiger partial charge in [-0.1, -0.05) is 32.1 Å². The molecule has 0 aromatic heterocycles. The Morgan fingerprint density at radius 3 is 2.40 bits per heavy atom. The molecule has 0 bridgehead atoms. The number of ether oxygens (including phenoxy) is 2. The first-order valence-corrected chi connectivity index (χ1v) is 6.64. The Balaban J connectivity index is 3.06. The van der Waals surface area contributed by atoms with Crippen molar-refractivity contribution in [2.45, 2.75) is 19.9 Å². The zero-order valence-electron chi connectivity index (χ0n) is 12.1. The maximum atomic E-state index is 12.4. The molecule has 0 saturated carbocycles. The van der Waals surface area contributed by atoms with Crippen LogP contribution in [0.4, 0.5) is 0 Å². The van der Waals surface area contributed by atoms with Crippen molar-refractivity contribution in [1.82, 2.24) is 5.32 Å². The fourth-order valence-corrected chi connectivity index (χ4v) is 2.18. The van der Waals surface area contributed by atoms with E-state index in [0.717, 1.165) is 0 Å². The van der Waals surface area contributed by atoms with Gasteiger partial charge in [-0.3, -0.25) is 4.79 Å². The van der Waals surface area contributed by atoms with Crippen LogP contribution in [0.25, 0.3) is 0 Å². The lowest BCUT2D eigenvalue weighted by Crippen LogP contribution is -2.46. The summed E-state index contributed by atoms with van der Waals surface area (Å²) in [4.78, 5) is 12.6. The Hall–Kier alpha value is -1.82. The number of benzene rings is 1. The highest BCUT2D eigenvalue weighted by molar-refractivity contribution is 7.80. The van der Waals surface area contributed by atoms with Gasteiger partial charge in [-0.25, -0.2) is 0 Å². The van der Waals surface area contributed by atoms with Crippen LogP contribution in [0.15, 0.2) is 18.2 Å². The smallest absolute Gasteiger partial charge is 0.255 e. The number of carbonyl (C=O) groups is 1. The first kappa shape index (κ1) is 16.2. The van der Waals surface area contributed by atoms with E-state index in [1.54, 1.807) is 18.2 Å². The summed E-state index contributed by atoms with van der Waals surface area (Å²) in [6.45, 7) is 3.87. The standard InChI is InChI=1S/C14H20N2O3S/c1-8(2)11(13(15)20)16-14(17)9-6-5-7-10(18-3)12(9)19-4/h5-8,11H,1-4H3,(H2,15,20)(H,16,17). The maximum absolute atomic E-state index is 12.4. The first-order chi connectivity index (χ1) is 9.42. The molecule has 0 aliphatic heterocycles. The zero-order valence-corrected chi connectivity index (χ0v) is 12.9. The van der Waals surface area contributed by atoms with E-state index in [4.69, 9.17) is 27.4 Å². The van der Waals surface area contributed by atoms with E-state index in [-0.39, 0.29) is 22.9 Å². The van der Waals surface area contributed by atoms with Crippen LogP contribution >= 0.6 is 12.2 Å². The van der Waals surface area contributed by atoms with Crippen molar-refractivity contribution >= 4 is 23.1 Å². The molecule has 0 aliphatic rings. The van der Waals surface area contributed by atoms with Crippen LogP contribution in [0, 0.1) is 5.92 Å². The third kappa shape index (κ3) is 3.60. The van der Waals surface area contributed by atoms with Gasteiger partial charge in [-0.2, -0.15) is 0 Å². The highest BCUT2D eigenvalue weighted by Crippen LogP contribution is 2.30. The van der Waals surface area contributed by atoms with Gasteiger partial charge in [0.2, 0.25) is 0 Å². The minimum Gasteiger partial charge on any atom is -0.493 e. The summed E-state index contributed by atoms with van der Waals surface area (Å²) in [5, 5.41) is 2.82. The van der Waals surface area contributed by atoms with Crippen molar-refractivity contribution < 1.29 is 14.3 Å². The van der Waals surface area contributed by atoms with Crippen LogP contribution in [0.3, 0.4) is 0 Å². The summed E-state index contributed by atoms with van der Waals surface area (Å²) in [6.07, 6.45) is 0. The predicted molar refractivity (Wildman–Crippen MR) is 82.4 cm³/mol. The molecule has 110 valence electrons. The van der Waals surface area contributed by atoms with Crippen molar-refractivity contribution in [3.8, 4) is 11.5 Å². The van der Waals surface area contributed by atoms with E-state index >= 15 is 0 Å². The Morgan fingerprint density at radius 2 is 1.95 bits per heavy atom. The minimum atomic E-state index is -0.367. The molecular weight excluding hydrogens is 276 g/mol. The van der Waals surface area contributed by atoms with E-state index in [1.165, 1.54) is 14.2 Å². The molecule has 0 fully saturated rings. The molecule has 1 amide bonds. The molecule has 1 rings (SSSR count). The Kier molecular flexibility index (Phi) is 5.76. The summed E-state index contributed by atoms with van der Waals surface area (Å²) in [7, 11) is 3.01. The van der Waals surface area contributed by atoms with Crippen LogP contribution in [0.2, 0.25) is 0 Å². The summed E-state index contributed by atoms with van der Waals surface area (Å²) in [6, 6.07) is 4.74. The topological polar surface area (TPSA) is 73.6 Å². The average Bonchev–Trinajstić information content (AvgIpc) is 2.42. The van der Waals surface area contributed by atoms with Crippen LogP contribution in [-0.2, 0) is 0 Å². The monoisotopic (exact) mass is 296 g/mol. The van der Waals surface area contributed by atoms with Crippen LogP contribution < -0.4 is 20.5 Å². The minimum absolute atomic E-state index is 0.105. The third-order valence-corrected chi connectivity index (χ3v) is 3.16. The second-order valence-electron chi connectivity index (χ2n) is 4.64. The Morgan fingerprint density at radius 1 is 1.30 bits per heavy atom. The molecule has 1 atom stereocenters. The van der Waals surface area contributed by atoms with Crippen LogP contribution in [-0.4, -0.2) is 31.2 Å². The molecule has 5 nitrogen and oxygen atoms in total. The van der Waals surface area contributed by atoms with Gasteiger partial charge in [0, 0.05) is 0 Å². The number of thiocarbonyl (C=S) groups is 1. The van der Waals surface area contributed by atoms with Crippen molar-refractivity contribution in [3.63, 3.8) is 0 Å². The molecule has 1 aromatic rings. The summed E-state index contributed by atoms with van der Waals surface area (Å²) >= 11 is 4.98. The van der Waals surface area contributed by atoms with Gasteiger partial charge in [0.05, 0.1) is 30.8 Å². The molecule has 0 saturated heterocycles. The second kappa shape index (κ2) is 7.09. The van der Waals surface area contributed by atoms with Crippen molar-refractivity contribution in [2.75, 3.05) is 14.2 Å². The van der Waals surface area contributed by atoms with E-state index in [2.05, 4.69) is 5.32 Å². The van der Waals surface area contributed by atoms with Crippen LogP contribution in [0.1, 0.15) is 24.2 Å². The van der Waals surface area contributed by atoms with E-state index in [0.29, 0.717) is 17.1 Å². The molecule has 20 heavy (non-hydrogen) atoms. The molecule has 0 heterocycles. The number of amides is 1. The van der Waals surface area contributed by atoms with E-state index < -0.39 is 0 Å². The number of carbonyl (C=O) groups excluding carboxylic acids is 1. The van der Waals surface area contributed by atoms with E-state index in [1.807, 2.05) is 13.8 Å². The largest absolute Gasteiger partial charge is 0.493 e. The lowest BCUT2D eigenvalue weighted by atomic mass is 10.0. The fraction of sp³-hybridized carbons (Fsp3) is 0.429. The quantitative estimate of drug-likeness (QED) is 0.782. The van der Waals surface area contributed by atoms with Crippen LogP contribution in [0.5, 0.6) is 11.5 Å². The number of nitrogens with one attached hydrogen (secondary N) is 1. The summed E-state index contributed by atoms with van der Waals surface area (Å²) < 4.78 is 10.4. The number of nitrogens with two attached hydrogens (primary N) is 1. The average molecular weight is 296 g/mol. The highest BCUT2D eigenvalue weighted by atomic mass is 32.1. The van der Waals surface area contributed by atoms with Gasteiger partial charge in [0.1, 0.15) is 0 Å². The SMILES string of the molecule is COc1cccc(C(=O)NC(C(N)=S)C(C)C)c1OC. The van der Waals surface area contributed by atoms with Gasteiger partial charge >= 0.3 is 0 Å². The molecule has 3 N–H and O–H groups in total. The number of para-hydroxylation sites is 1. The summed E-state index contributed by atoms with van der Waals surface area (Å²) in [5.74, 6) is 0.690. The number of methoxy groups -OCH3 is 2. The number of rotatable bonds is 6. The Labute approximate surface area is 124 Å². The van der Waals surface area contributed by atoms with Gasteiger partial charge in [-0.15, -0.1) is 0 Å². The summed E-state index contributed by atoms with van der Waals surface area (Å²) in [5.41, 5.74) is 6.03. The zero-order chi connectivity index (χ0) is 15.3. The third-order valence-electron chi connectivity index (χ3n) is 2.91. The van der Waals surface area contributed by atoms with Crippen molar-refractivity contribution in [2.24, 2.45) is 11.7 Å². The molecule has 1 unspecified atom stereocenters. The molecule has 0 radical (unpaired) electrons. The molecular formula is C14H20N2O3S. The van der Waals surface area contributed by atoms with Gasteiger partial charge in [0.15, 0.2) is 11.5 Å². The van der Waals surface area contributed by atoms with Gasteiger partial charge < -0.3 is 20.5 Å². The molecule has 0 spiro atoms. The predicted octanol–water partition coefficient (Wildman–Crippen LogP) is 1.74. The highest BCUT2D eigenvalue weighted by Gasteiger charge is 2.22. The van der Waals surface area contributed by atoms with Crippen molar-refractivity contribution in [1.29, 1.82) is 0 Å². The lowest BCUT2D eigenvalue weighted by molar-refractivity contribution is 0.0936. The molecule has 6 heteroatoms. The Bertz CT molecular complexity index is 503. The normalized spacial score (nSPS) is 11.8. The first-order valence-electron chi connectivity index (χ1n) is 6.23. The lowest BCUT2D eigenvalue weighted by Gasteiger charge is -2.22. The van der Waals surface area contributed by atoms with Gasteiger partial charge in [0.25, 0.3) is 5.91 Å². The second-order valence-corrected chi connectivity index (χ2v) is 5.11.